The molecular formula is C17H19N5O. The molecule has 118 valence electrons. The molecule has 1 aliphatic rings. The smallest absolute Gasteiger partial charge is 0.253 e. The van der Waals surface area contributed by atoms with Crippen LogP contribution in [-0.2, 0) is 0 Å². The largest absolute Gasteiger partial charge is 0.359 e. The van der Waals surface area contributed by atoms with Crippen LogP contribution in [0.4, 0.5) is 0 Å². The number of carbonyl (C=O) groups excluding carboxylic acids is 1. The van der Waals surface area contributed by atoms with Crippen LogP contribution in [0, 0.1) is 0 Å². The highest BCUT2D eigenvalue weighted by Gasteiger charge is 2.20. The normalized spacial score (nSPS) is 15.8. The highest BCUT2D eigenvalue weighted by Crippen LogP contribution is 2.21. The first kappa shape index (κ1) is 14.0. The molecule has 4 rings (SSSR count). The molecule has 0 unspecified atom stereocenters. The van der Waals surface area contributed by atoms with Crippen molar-refractivity contribution in [2.24, 2.45) is 0 Å². The van der Waals surface area contributed by atoms with Crippen molar-refractivity contribution in [3.63, 3.8) is 0 Å². The molecule has 1 saturated carbocycles. The number of hydrogen-bond donors (Lipinski definition) is 2. The van der Waals surface area contributed by atoms with Crippen molar-refractivity contribution < 1.29 is 4.79 Å². The van der Waals surface area contributed by atoms with E-state index in [1.807, 2.05) is 29.1 Å². The second kappa shape index (κ2) is 5.87. The predicted molar refractivity (Wildman–Crippen MR) is 87.6 cm³/mol. The lowest BCUT2D eigenvalue weighted by atomic mass is 9.95. The van der Waals surface area contributed by atoms with E-state index in [4.69, 9.17) is 0 Å². The summed E-state index contributed by atoms with van der Waals surface area (Å²) in [4.78, 5) is 24.5. The number of hydrogen-bond acceptors (Lipinski definition) is 3. The Kier molecular flexibility index (Phi) is 3.57. The van der Waals surface area contributed by atoms with Crippen molar-refractivity contribution in [3.05, 3.63) is 42.6 Å². The number of fused-ring (bicyclic) bond motifs is 1. The fraction of sp³-hybridized carbons (Fsp3) is 0.353. The molecule has 0 saturated heterocycles. The average molecular weight is 309 g/mol. The summed E-state index contributed by atoms with van der Waals surface area (Å²) < 4.78 is 1.81. The van der Waals surface area contributed by atoms with Crippen molar-refractivity contribution >= 4 is 16.9 Å². The summed E-state index contributed by atoms with van der Waals surface area (Å²) >= 11 is 0. The molecule has 23 heavy (non-hydrogen) atoms. The lowest BCUT2D eigenvalue weighted by Crippen LogP contribution is -2.36. The molecule has 2 N–H and O–H groups in total. The second-order valence-corrected chi connectivity index (χ2v) is 6.04. The number of aromatic nitrogens is 4. The SMILES string of the molecule is O=C(NC1CCCCC1)c1cc(-n2ccnc2)nc2cc[nH]c12. The fourth-order valence-corrected chi connectivity index (χ4v) is 3.24. The molecule has 3 aromatic rings. The quantitative estimate of drug-likeness (QED) is 0.781. The van der Waals surface area contributed by atoms with E-state index in [-0.39, 0.29) is 11.9 Å². The van der Waals surface area contributed by atoms with Gasteiger partial charge < -0.3 is 10.3 Å². The van der Waals surface area contributed by atoms with E-state index >= 15 is 0 Å². The third kappa shape index (κ3) is 2.72. The molecule has 0 aliphatic heterocycles. The van der Waals surface area contributed by atoms with Gasteiger partial charge in [0.25, 0.3) is 5.91 Å². The first-order valence-corrected chi connectivity index (χ1v) is 8.08. The predicted octanol–water partition coefficient (Wildman–Crippen LogP) is 2.81. The average Bonchev–Trinajstić information content (AvgIpc) is 3.26. The molecule has 1 fully saturated rings. The number of aromatic amines is 1. The summed E-state index contributed by atoms with van der Waals surface area (Å²) in [7, 11) is 0. The zero-order chi connectivity index (χ0) is 15.6. The Bertz CT molecular complexity index is 815. The first-order valence-electron chi connectivity index (χ1n) is 8.08. The maximum Gasteiger partial charge on any atom is 0.253 e. The van der Waals surface area contributed by atoms with Crippen molar-refractivity contribution in [3.8, 4) is 5.82 Å². The highest BCUT2D eigenvalue weighted by atomic mass is 16.1. The van der Waals surface area contributed by atoms with Crippen LogP contribution in [0.25, 0.3) is 16.9 Å². The molecule has 6 heteroatoms. The molecule has 3 aromatic heterocycles. The molecular weight excluding hydrogens is 290 g/mol. The van der Waals surface area contributed by atoms with Crippen LogP contribution in [-0.4, -0.2) is 31.5 Å². The number of imidazole rings is 1. The Balaban J connectivity index is 1.69. The van der Waals surface area contributed by atoms with Gasteiger partial charge in [-0.25, -0.2) is 9.97 Å². The van der Waals surface area contributed by atoms with E-state index < -0.39 is 0 Å². The minimum absolute atomic E-state index is 0.0342. The molecule has 3 heterocycles. The van der Waals surface area contributed by atoms with Gasteiger partial charge in [0.05, 0.1) is 16.6 Å². The summed E-state index contributed by atoms with van der Waals surface area (Å²) in [6.07, 6.45) is 12.8. The molecule has 1 aliphatic carbocycles. The van der Waals surface area contributed by atoms with Gasteiger partial charge in [0.1, 0.15) is 12.1 Å². The number of amides is 1. The van der Waals surface area contributed by atoms with Crippen LogP contribution in [0.1, 0.15) is 42.5 Å². The maximum absolute atomic E-state index is 12.8. The Morgan fingerprint density at radius 2 is 2.17 bits per heavy atom. The Morgan fingerprint density at radius 3 is 2.96 bits per heavy atom. The van der Waals surface area contributed by atoms with Crippen LogP contribution >= 0.6 is 0 Å². The number of rotatable bonds is 3. The van der Waals surface area contributed by atoms with Gasteiger partial charge in [0.15, 0.2) is 0 Å². The van der Waals surface area contributed by atoms with E-state index in [9.17, 15) is 4.79 Å². The summed E-state index contributed by atoms with van der Waals surface area (Å²) in [6.45, 7) is 0. The maximum atomic E-state index is 12.8. The van der Waals surface area contributed by atoms with Gasteiger partial charge >= 0.3 is 0 Å². The molecule has 0 spiro atoms. The monoisotopic (exact) mass is 309 g/mol. The van der Waals surface area contributed by atoms with E-state index in [0.717, 1.165) is 23.9 Å². The molecule has 1 amide bonds. The van der Waals surface area contributed by atoms with Gasteiger partial charge in [-0.15, -0.1) is 0 Å². The van der Waals surface area contributed by atoms with E-state index in [1.165, 1.54) is 19.3 Å². The van der Waals surface area contributed by atoms with Crippen LogP contribution < -0.4 is 5.32 Å². The van der Waals surface area contributed by atoms with Crippen LogP contribution in [0.2, 0.25) is 0 Å². The number of pyridine rings is 1. The summed E-state index contributed by atoms with van der Waals surface area (Å²) in [5.74, 6) is 0.663. The van der Waals surface area contributed by atoms with Gasteiger partial charge in [0.2, 0.25) is 0 Å². The third-order valence-corrected chi connectivity index (χ3v) is 4.46. The van der Waals surface area contributed by atoms with Gasteiger partial charge in [-0.3, -0.25) is 9.36 Å². The van der Waals surface area contributed by atoms with Crippen molar-refractivity contribution in [1.29, 1.82) is 0 Å². The van der Waals surface area contributed by atoms with Crippen LogP contribution in [0.5, 0.6) is 0 Å². The number of H-pyrrole nitrogens is 1. The zero-order valence-electron chi connectivity index (χ0n) is 12.8. The fourth-order valence-electron chi connectivity index (χ4n) is 3.24. The first-order chi connectivity index (χ1) is 11.3. The lowest BCUT2D eigenvalue weighted by Gasteiger charge is -2.23. The summed E-state index contributed by atoms with van der Waals surface area (Å²) in [5, 5.41) is 3.18. The van der Waals surface area contributed by atoms with Gasteiger partial charge in [-0.1, -0.05) is 19.3 Å². The molecule has 0 radical (unpaired) electrons. The van der Waals surface area contributed by atoms with Crippen molar-refractivity contribution in [1.82, 2.24) is 24.8 Å². The third-order valence-electron chi connectivity index (χ3n) is 4.46. The van der Waals surface area contributed by atoms with Crippen molar-refractivity contribution in [2.45, 2.75) is 38.1 Å². The van der Waals surface area contributed by atoms with Crippen molar-refractivity contribution in [2.75, 3.05) is 0 Å². The molecule has 6 nitrogen and oxygen atoms in total. The Labute approximate surface area is 133 Å². The molecule has 0 atom stereocenters. The highest BCUT2D eigenvalue weighted by molar-refractivity contribution is 6.05. The number of carbonyl (C=O) groups is 1. The summed E-state index contributed by atoms with van der Waals surface area (Å²) in [6, 6.07) is 3.98. The summed E-state index contributed by atoms with van der Waals surface area (Å²) in [5.41, 5.74) is 2.20. The number of nitrogens with one attached hydrogen (secondary N) is 2. The Morgan fingerprint density at radius 1 is 1.30 bits per heavy atom. The van der Waals surface area contributed by atoms with Gasteiger partial charge in [0, 0.05) is 24.6 Å². The molecule has 0 aromatic carbocycles. The van der Waals surface area contributed by atoms with Crippen LogP contribution in [0.15, 0.2) is 37.1 Å². The van der Waals surface area contributed by atoms with Gasteiger partial charge in [-0.05, 0) is 25.0 Å². The van der Waals surface area contributed by atoms with E-state index in [0.29, 0.717) is 11.4 Å². The standard InChI is InChI=1S/C17H19N5O/c23-17(20-12-4-2-1-3-5-12)13-10-15(22-9-8-18-11-22)21-14-6-7-19-16(13)14/h6-12,19H,1-5H2,(H,20,23). The lowest BCUT2D eigenvalue weighted by molar-refractivity contribution is 0.0929. The second-order valence-electron chi connectivity index (χ2n) is 6.04. The minimum Gasteiger partial charge on any atom is -0.359 e. The van der Waals surface area contributed by atoms with E-state index in [2.05, 4.69) is 20.3 Å². The zero-order valence-corrected chi connectivity index (χ0v) is 12.8. The van der Waals surface area contributed by atoms with E-state index in [1.54, 1.807) is 12.5 Å². The van der Waals surface area contributed by atoms with Crippen LogP contribution in [0.3, 0.4) is 0 Å². The van der Waals surface area contributed by atoms with Gasteiger partial charge in [-0.2, -0.15) is 0 Å². The molecule has 0 bridgehead atoms. The minimum atomic E-state index is -0.0342. The number of nitrogens with zero attached hydrogens (tertiary/aromatic N) is 3. The Hall–Kier alpha value is -2.63. The topological polar surface area (TPSA) is 75.6 Å².